The van der Waals surface area contributed by atoms with Crippen LogP contribution in [0.1, 0.15) is 6.92 Å². The van der Waals surface area contributed by atoms with E-state index in [0.717, 1.165) is 4.47 Å². The smallest absolute Gasteiger partial charge is 0.313 e. The van der Waals surface area contributed by atoms with Crippen molar-refractivity contribution in [3.05, 3.63) is 53.0 Å². The average Bonchev–Trinajstić information content (AvgIpc) is 2.63. The summed E-state index contributed by atoms with van der Waals surface area (Å²) < 4.78 is 6.16. The fourth-order valence-corrected chi connectivity index (χ4v) is 2.23. The lowest BCUT2D eigenvalue weighted by atomic mass is 10.3. The number of benzene rings is 2. The molecule has 2 aromatic rings. The number of hydrogen-bond donors (Lipinski definition) is 3. The van der Waals surface area contributed by atoms with Crippen LogP contribution in [0.3, 0.4) is 0 Å². The van der Waals surface area contributed by atoms with Crippen molar-refractivity contribution in [2.24, 2.45) is 0 Å². The van der Waals surface area contributed by atoms with E-state index in [-0.39, 0.29) is 6.54 Å². The molecule has 0 heterocycles. The van der Waals surface area contributed by atoms with Crippen molar-refractivity contribution < 1.29 is 19.1 Å². The van der Waals surface area contributed by atoms with Crippen LogP contribution >= 0.6 is 15.9 Å². The van der Waals surface area contributed by atoms with Crippen molar-refractivity contribution in [3.8, 4) is 5.75 Å². The first-order valence-corrected chi connectivity index (χ1v) is 8.64. The molecule has 8 heteroatoms. The van der Waals surface area contributed by atoms with Crippen molar-refractivity contribution in [1.29, 1.82) is 0 Å². The molecule has 0 saturated carbocycles. The quantitative estimate of drug-likeness (QED) is 0.626. The zero-order chi connectivity index (χ0) is 18.9. The summed E-state index contributed by atoms with van der Waals surface area (Å²) in [4.78, 5) is 35.4. The van der Waals surface area contributed by atoms with Crippen LogP contribution in [-0.4, -0.2) is 30.9 Å². The molecule has 0 aliphatic rings. The molecule has 0 aliphatic heterocycles. The predicted molar refractivity (Wildman–Crippen MR) is 102 cm³/mol. The van der Waals surface area contributed by atoms with Crippen molar-refractivity contribution in [2.45, 2.75) is 6.92 Å². The summed E-state index contributed by atoms with van der Waals surface area (Å²) in [5.74, 6) is -1.49. The SMILES string of the molecule is CCOc1ccc(NC(=O)CNC(=O)C(=O)Nc2ccc(Br)cc2)cc1. The molecular weight excluding hydrogens is 402 g/mol. The zero-order valence-electron chi connectivity index (χ0n) is 14.0. The largest absolute Gasteiger partial charge is 0.494 e. The van der Waals surface area contributed by atoms with Crippen molar-refractivity contribution in [1.82, 2.24) is 5.32 Å². The van der Waals surface area contributed by atoms with Gasteiger partial charge in [0.25, 0.3) is 0 Å². The summed E-state index contributed by atoms with van der Waals surface area (Å²) in [6.07, 6.45) is 0. The summed E-state index contributed by atoms with van der Waals surface area (Å²) in [5, 5.41) is 7.33. The Hall–Kier alpha value is -2.87. The van der Waals surface area contributed by atoms with Gasteiger partial charge in [0.05, 0.1) is 13.2 Å². The van der Waals surface area contributed by atoms with Crippen LogP contribution in [0.4, 0.5) is 11.4 Å². The van der Waals surface area contributed by atoms with Gasteiger partial charge in [0.1, 0.15) is 5.75 Å². The van der Waals surface area contributed by atoms with Gasteiger partial charge in [0.2, 0.25) is 5.91 Å². The van der Waals surface area contributed by atoms with Gasteiger partial charge in [0, 0.05) is 15.8 Å². The number of carbonyl (C=O) groups excluding carboxylic acids is 3. The molecule has 136 valence electrons. The van der Waals surface area contributed by atoms with Crippen molar-refractivity contribution in [2.75, 3.05) is 23.8 Å². The zero-order valence-corrected chi connectivity index (χ0v) is 15.6. The van der Waals surface area contributed by atoms with Gasteiger partial charge >= 0.3 is 11.8 Å². The van der Waals surface area contributed by atoms with E-state index in [9.17, 15) is 14.4 Å². The van der Waals surface area contributed by atoms with E-state index in [0.29, 0.717) is 23.7 Å². The molecule has 0 saturated heterocycles. The highest BCUT2D eigenvalue weighted by Crippen LogP contribution is 2.15. The Balaban J connectivity index is 1.77. The van der Waals surface area contributed by atoms with E-state index in [4.69, 9.17) is 4.74 Å². The second-order valence-electron chi connectivity index (χ2n) is 5.15. The summed E-state index contributed by atoms with van der Waals surface area (Å²) >= 11 is 3.28. The Labute approximate surface area is 159 Å². The monoisotopic (exact) mass is 419 g/mol. The Kier molecular flexibility index (Phi) is 7.16. The minimum absolute atomic E-state index is 0.320. The van der Waals surface area contributed by atoms with Gasteiger partial charge < -0.3 is 20.7 Å². The van der Waals surface area contributed by atoms with Gasteiger partial charge in [-0.15, -0.1) is 0 Å². The summed E-state index contributed by atoms with van der Waals surface area (Å²) in [6.45, 7) is 2.12. The normalized spacial score (nSPS) is 9.92. The lowest BCUT2D eigenvalue weighted by Crippen LogP contribution is -2.39. The molecule has 0 aliphatic carbocycles. The standard InChI is InChI=1S/C18H18BrN3O4/c1-2-26-15-9-7-13(8-10-15)21-16(23)11-20-17(24)18(25)22-14-5-3-12(19)4-6-14/h3-10H,2,11H2,1H3,(H,20,24)(H,21,23)(H,22,25). The molecule has 0 spiro atoms. The number of amides is 3. The second-order valence-corrected chi connectivity index (χ2v) is 6.06. The Morgan fingerprint density at radius 2 is 1.46 bits per heavy atom. The highest BCUT2D eigenvalue weighted by Gasteiger charge is 2.15. The first-order chi connectivity index (χ1) is 12.5. The number of ether oxygens (including phenoxy) is 1. The first kappa shape index (κ1) is 19.5. The van der Waals surface area contributed by atoms with E-state index in [2.05, 4.69) is 31.9 Å². The van der Waals surface area contributed by atoms with Gasteiger partial charge in [0.15, 0.2) is 0 Å². The minimum Gasteiger partial charge on any atom is -0.494 e. The molecule has 3 N–H and O–H groups in total. The second kappa shape index (κ2) is 9.57. The van der Waals surface area contributed by atoms with Gasteiger partial charge in [-0.25, -0.2) is 0 Å². The number of nitrogens with one attached hydrogen (secondary N) is 3. The Bertz CT molecular complexity index is 776. The third kappa shape index (κ3) is 6.21. The van der Waals surface area contributed by atoms with E-state index < -0.39 is 17.7 Å². The van der Waals surface area contributed by atoms with E-state index in [1.54, 1.807) is 48.5 Å². The van der Waals surface area contributed by atoms with Crippen molar-refractivity contribution >= 4 is 45.0 Å². The van der Waals surface area contributed by atoms with Crippen LogP contribution in [0.15, 0.2) is 53.0 Å². The molecule has 0 bridgehead atoms. The van der Waals surface area contributed by atoms with Crippen LogP contribution in [0.2, 0.25) is 0 Å². The van der Waals surface area contributed by atoms with Gasteiger partial charge in [-0.3, -0.25) is 14.4 Å². The fourth-order valence-electron chi connectivity index (χ4n) is 1.97. The molecule has 0 aromatic heterocycles. The van der Waals surface area contributed by atoms with Gasteiger partial charge in [-0.2, -0.15) is 0 Å². The summed E-state index contributed by atoms with van der Waals surface area (Å²) in [6, 6.07) is 13.6. The molecular formula is C18H18BrN3O4. The van der Waals surface area contributed by atoms with Crippen molar-refractivity contribution in [3.63, 3.8) is 0 Å². The lowest BCUT2D eigenvalue weighted by Gasteiger charge is -2.08. The van der Waals surface area contributed by atoms with Crippen LogP contribution in [0.5, 0.6) is 5.75 Å². The fraction of sp³-hybridized carbons (Fsp3) is 0.167. The highest BCUT2D eigenvalue weighted by molar-refractivity contribution is 9.10. The molecule has 7 nitrogen and oxygen atoms in total. The Morgan fingerprint density at radius 1 is 0.885 bits per heavy atom. The van der Waals surface area contributed by atoms with Gasteiger partial charge in [-0.1, -0.05) is 15.9 Å². The summed E-state index contributed by atoms with van der Waals surface area (Å²) in [7, 11) is 0. The maximum absolute atomic E-state index is 11.9. The topological polar surface area (TPSA) is 96.5 Å². The molecule has 0 fully saturated rings. The number of anilines is 2. The average molecular weight is 420 g/mol. The number of halogens is 1. The maximum atomic E-state index is 11.9. The maximum Gasteiger partial charge on any atom is 0.313 e. The van der Waals surface area contributed by atoms with E-state index in [1.807, 2.05) is 6.92 Å². The van der Waals surface area contributed by atoms with Crippen LogP contribution < -0.4 is 20.7 Å². The highest BCUT2D eigenvalue weighted by atomic mass is 79.9. The van der Waals surface area contributed by atoms with Gasteiger partial charge in [-0.05, 0) is 55.5 Å². The van der Waals surface area contributed by atoms with Crippen LogP contribution in [0, 0.1) is 0 Å². The molecule has 26 heavy (non-hydrogen) atoms. The van der Waals surface area contributed by atoms with E-state index in [1.165, 1.54) is 0 Å². The molecule has 0 unspecified atom stereocenters. The molecule has 2 rings (SSSR count). The number of hydrogen-bond acceptors (Lipinski definition) is 4. The molecule has 0 radical (unpaired) electrons. The van der Waals surface area contributed by atoms with Crippen LogP contribution in [-0.2, 0) is 14.4 Å². The lowest BCUT2D eigenvalue weighted by molar-refractivity contribution is -0.136. The third-order valence-electron chi connectivity index (χ3n) is 3.17. The van der Waals surface area contributed by atoms with E-state index >= 15 is 0 Å². The minimum atomic E-state index is -0.894. The first-order valence-electron chi connectivity index (χ1n) is 7.85. The molecule has 3 amide bonds. The third-order valence-corrected chi connectivity index (χ3v) is 3.70. The number of rotatable bonds is 6. The Morgan fingerprint density at radius 3 is 2.08 bits per heavy atom. The molecule has 0 atom stereocenters. The van der Waals surface area contributed by atoms with Crippen LogP contribution in [0.25, 0.3) is 0 Å². The molecule has 2 aromatic carbocycles. The number of carbonyl (C=O) groups is 3. The summed E-state index contributed by atoms with van der Waals surface area (Å²) in [5.41, 5.74) is 1.04. The predicted octanol–water partition coefficient (Wildman–Crippen LogP) is 2.54.